The minimum atomic E-state index is -2.40. The van der Waals surface area contributed by atoms with Crippen molar-refractivity contribution in [3.63, 3.8) is 0 Å². The number of ether oxygens (including phenoxy) is 1. The third kappa shape index (κ3) is 5.10. The van der Waals surface area contributed by atoms with Gasteiger partial charge in [0.1, 0.15) is 6.61 Å². The third-order valence-corrected chi connectivity index (χ3v) is 2.65. The Hall–Kier alpha value is -1.01. The molecule has 4 nitrogen and oxygen atoms in total. The van der Waals surface area contributed by atoms with Crippen LogP contribution in [0, 0.1) is 0 Å². The summed E-state index contributed by atoms with van der Waals surface area (Å²) in [5, 5.41) is 7.39. The molecule has 1 aromatic rings. The molecule has 0 fully saturated rings. The fourth-order valence-corrected chi connectivity index (χ4v) is 1.76. The highest BCUT2D eigenvalue weighted by Gasteiger charge is 2.12. The van der Waals surface area contributed by atoms with Crippen molar-refractivity contribution in [2.24, 2.45) is 0 Å². The van der Waals surface area contributed by atoms with E-state index in [0.29, 0.717) is 13.0 Å². The number of alkyl halides is 2. The molecule has 1 rings (SSSR count). The third-order valence-electron chi connectivity index (χ3n) is 2.65. The second kappa shape index (κ2) is 8.16. The van der Waals surface area contributed by atoms with E-state index in [2.05, 4.69) is 17.3 Å². The maximum Gasteiger partial charge on any atom is 0.261 e. The van der Waals surface area contributed by atoms with Crippen molar-refractivity contribution >= 4 is 0 Å². The molecule has 0 spiro atoms. The number of aryl methyl sites for hydroxylation is 1. The van der Waals surface area contributed by atoms with Gasteiger partial charge in [0.15, 0.2) is 0 Å². The number of nitrogens with one attached hydrogen (secondary N) is 1. The predicted octanol–water partition coefficient (Wildman–Crippen LogP) is 2.23. The monoisotopic (exact) mass is 261 g/mol. The Morgan fingerprint density at radius 1 is 1.50 bits per heavy atom. The average Bonchev–Trinajstić information content (AvgIpc) is 2.78. The quantitative estimate of drug-likeness (QED) is 0.693. The standard InChI is InChI=1S/C12H21F2N3O/c1-3-5-17-8-10(7-16-17)11(15-2)4-6-18-9-12(13)14/h7-8,11-12,15H,3-6,9H2,1-2H3. The first-order chi connectivity index (χ1) is 8.67. The molecule has 1 unspecified atom stereocenters. The minimum Gasteiger partial charge on any atom is -0.375 e. The number of rotatable bonds is 9. The van der Waals surface area contributed by atoms with E-state index in [1.807, 2.05) is 24.1 Å². The Kier molecular flexibility index (Phi) is 6.82. The summed E-state index contributed by atoms with van der Waals surface area (Å²) in [6, 6.07) is 0.0910. The average molecular weight is 261 g/mol. The largest absolute Gasteiger partial charge is 0.375 e. The Morgan fingerprint density at radius 3 is 2.89 bits per heavy atom. The second-order valence-corrected chi connectivity index (χ2v) is 4.13. The van der Waals surface area contributed by atoms with Crippen molar-refractivity contribution in [2.45, 2.75) is 38.8 Å². The van der Waals surface area contributed by atoms with Crippen LogP contribution in [0.4, 0.5) is 8.78 Å². The van der Waals surface area contributed by atoms with E-state index in [9.17, 15) is 8.78 Å². The van der Waals surface area contributed by atoms with Gasteiger partial charge in [-0.3, -0.25) is 4.68 Å². The molecular weight excluding hydrogens is 240 g/mol. The van der Waals surface area contributed by atoms with Crippen LogP contribution in [0.5, 0.6) is 0 Å². The highest BCUT2D eigenvalue weighted by Crippen LogP contribution is 2.15. The number of nitrogens with zero attached hydrogens (tertiary/aromatic N) is 2. The first-order valence-electron chi connectivity index (χ1n) is 6.22. The van der Waals surface area contributed by atoms with Crippen molar-refractivity contribution in [3.05, 3.63) is 18.0 Å². The van der Waals surface area contributed by atoms with E-state index >= 15 is 0 Å². The first-order valence-corrected chi connectivity index (χ1v) is 6.22. The number of hydrogen-bond acceptors (Lipinski definition) is 3. The summed E-state index contributed by atoms with van der Waals surface area (Å²) in [4.78, 5) is 0. The fourth-order valence-electron chi connectivity index (χ4n) is 1.76. The van der Waals surface area contributed by atoms with Crippen molar-refractivity contribution in [1.29, 1.82) is 0 Å². The van der Waals surface area contributed by atoms with Crippen LogP contribution < -0.4 is 5.32 Å². The van der Waals surface area contributed by atoms with Gasteiger partial charge < -0.3 is 10.1 Å². The van der Waals surface area contributed by atoms with Crippen molar-refractivity contribution in [3.8, 4) is 0 Å². The van der Waals surface area contributed by atoms with Gasteiger partial charge in [-0.05, 0) is 19.9 Å². The molecule has 0 radical (unpaired) electrons. The van der Waals surface area contributed by atoms with E-state index in [0.717, 1.165) is 18.5 Å². The van der Waals surface area contributed by atoms with Crippen LogP contribution in [0.3, 0.4) is 0 Å². The van der Waals surface area contributed by atoms with Gasteiger partial charge in [0.2, 0.25) is 0 Å². The van der Waals surface area contributed by atoms with Crippen LogP contribution in [0.25, 0.3) is 0 Å². The highest BCUT2D eigenvalue weighted by atomic mass is 19.3. The van der Waals surface area contributed by atoms with Crippen LogP contribution in [-0.4, -0.2) is 36.5 Å². The van der Waals surface area contributed by atoms with Crippen LogP contribution in [0.1, 0.15) is 31.4 Å². The zero-order valence-electron chi connectivity index (χ0n) is 10.9. The zero-order valence-corrected chi connectivity index (χ0v) is 10.9. The van der Waals surface area contributed by atoms with E-state index in [-0.39, 0.29) is 6.04 Å². The lowest BCUT2D eigenvalue weighted by Gasteiger charge is -2.14. The van der Waals surface area contributed by atoms with E-state index < -0.39 is 13.0 Å². The van der Waals surface area contributed by atoms with Crippen LogP contribution in [-0.2, 0) is 11.3 Å². The van der Waals surface area contributed by atoms with Gasteiger partial charge in [-0.25, -0.2) is 8.78 Å². The Labute approximate surface area is 106 Å². The molecule has 0 bridgehead atoms. The Morgan fingerprint density at radius 2 is 2.28 bits per heavy atom. The molecule has 1 aromatic heterocycles. The van der Waals surface area contributed by atoms with Gasteiger partial charge in [-0.1, -0.05) is 6.92 Å². The van der Waals surface area contributed by atoms with Gasteiger partial charge in [-0.15, -0.1) is 0 Å². The second-order valence-electron chi connectivity index (χ2n) is 4.13. The molecule has 1 atom stereocenters. The van der Waals surface area contributed by atoms with Gasteiger partial charge in [-0.2, -0.15) is 5.10 Å². The van der Waals surface area contributed by atoms with Gasteiger partial charge in [0.05, 0.1) is 6.20 Å². The molecule has 1 N–H and O–H groups in total. The van der Waals surface area contributed by atoms with Gasteiger partial charge in [0, 0.05) is 31.0 Å². The number of aromatic nitrogens is 2. The van der Waals surface area contributed by atoms with E-state index in [1.165, 1.54) is 0 Å². The maximum absolute atomic E-state index is 11.9. The van der Waals surface area contributed by atoms with Crippen molar-refractivity contribution in [2.75, 3.05) is 20.3 Å². The molecule has 6 heteroatoms. The van der Waals surface area contributed by atoms with E-state index in [4.69, 9.17) is 4.74 Å². The van der Waals surface area contributed by atoms with Crippen LogP contribution in [0.15, 0.2) is 12.4 Å². The first kappa shape index (κ1) is 15.0. The minimum absolute atomic E-state index is 0.0910. The summed E-state index contributed by atoms with van der Waals surface area (Å²) < 4.78 is 30.6. The lowest BCUT2D eigenvalue weighted by molar-refractivity contribution is 0.0145. The maximum atomic E-state index is 11.9. The summed E-state index contributed by atoms with van der Waals surface area (Å²) >= 11 is 0. The van der Waals surface area contributed by atoms with Crippen LogP contribution >= 0.6 is 0 Å². The predicted molar refractivity (Wildman–Crippen MR) is 65.8 cm³/mol. The molecule has 0 aliphatic carbocycles. The molecular formula is C12H21F2N3O. The van der Waals surface area contributed by atoms with Crippen molar-refractivity contribution < 1.29 is 13.5 Å². The molecule has 0 aromatic carbocycles. The van der Waals surface area contributed by atoms with E-state index in [1.54, 1.807) is 0 Å². The number of halogens is 2. The van der Waals surface area contributed by atoms with Gasteiger partial charge in [0.25, 0.3) is 6.43 Å². The number of hydrogen-bond donors (Lipinski definition) is 1. The summed E-state index contributed by atoms with van der Waals surface area (Å²) in [7, 11) is 1.84. The fraction of sp³-hybridized carbons (Fsp3) is 0.750. The summed E-state index contributed by atoms with van der Waals surface area (Å²) in [5.41, 5.74) is 1.06. The zero-order chi connectivity index (χ0) is 13.4. The summed E-state index contributed by atoms with van der Waals surface area (Å²) in [6.45, 7) is 2.80. The highest BCUT2D eigenvalue weighted by molar-refractivity contribution is 5.10. The summed E-state index contributed by atoms with van der Waals surface area (Å²) in [5.74, 6) is 0. The SMILES string of the molecule is CCCn1cc(C(CCOCC(F)F)NC)cn1. The molecule has 0 saturated heterocycles. The Balaban J connectivity index is 2.39. The summed E-state index contributed by atoms with van der Waals surface area (Å²) in [6.07, 6.45) is 3.08. The molecule has 0 saturated carbocycles. The topological polar surface area (TPSA) is 39.1 Å². The molecule has 1 heterocycles. The molecule has 0 amide bonds. The van der Waals surface area contributed by atoms with Crippen LogP contribution in [0.2, 0.25) is 0 Å². The lowest BCUT2D eigenvalue weighted by atomic mass is 10.1. The normalized spacial score (nSPS) is 13.2. The molecule has 0 aliphatic rings. The molecule has 0 aliphatic heterocycles. The lowest BCUT2D eigenvalue weighted by Crippen LogP contribution is -2.18. The smallest absolute Gasteiger partial charge is 0.261 e. The Bertz CT molecular complexity index is 331. The van der Waals surface area contributed by atoms with Gasteiger partial charge >= 0.3 is 0 Å². The molecule has 18 heavy (non-hydrogen) atoms. The molecule has 104 valence electrons. The van der Waals surface area contributed by atoms with Crippen molar-refractivity contribution in [1.82, 2.24) is 15.1 Å².